The third-order valence-electron chi connectivity index (χ3n) is 5.97. The minimum Gasteiger partial charge on any atom is -0.467 e. The van der Waals surface area contributed by atoms with Crippen molar-refractivity contribution >= 4 is 39.2 Å². The highest BCUT2D eigenvalue weighted by molar-refractivity contribution is 7.89. The summed E-state index contributed by atoms with van der Waals surface area (Å²) in [5.41, 5.74) is 1.61. The molecule has 0 spiro atoms. The van der Waals surface area contributed by atoms with Crippen LogP contribution in [0.1, 0.15) is 48.0 Å². The summed E-state index contributed by atoms with van der Waals surface area (Å²) in [6, 6.07) is 15.5. The summed E-state index contributed by atoms with van der Waals surface area (Å²) in [4.78, 5) is 25.7. The number of furan rings is 1. The van der Waals surface area contributed by atoms with E-state index >= 15 is 0 Å². The van der Waals surface area contributed by atoms with Crippen LogP contribution in [0, 0.1) is 0 Å². The predicted octanol–water partition coefficient (Wildman–Crippen LogP) is 4.50. The van der Waals surface area contributed by atoms with Gasteiger partial charge in [0, 0.05) is 24.5 Å². The molecule has 37 heavy (non-hydrogen) atoms. The van der Waals surface area contributed by atoms with Crippen LogP contribution in [0.2, 0.25) is 5.02 Å². The van der Waals surface area contributed by atoms with Crippen LogP contribution in [0.3, 0.4) is 0 Å². The van der Waals surface area contributed by atoms with Crippen molar-refractivity contribution in [1.29, 1.82) is 0 Å². The Hall–Kier alpha value is -3.47. The number of carbonyl (C=O) groups excluding carboxylic acids is 2. The van der Waals surface area contributed by atoms with E-state index in [1.807, 2.05) is 12.1 Å². The van der Waals surface area contributed by atoms with E-state index in [1.54, 1.807) is 38.1 Å². The average Bonchev–Trinajstić information content (AvgIpc) is 3.59. The number of halogens is 1. The Bertz CT molecular complexity index is 1380. The van der Waals surface area contributed by atoms with Gasteiger partial charge in [0.15, 0.2) is 6.61 Å². The minimum atomic E-state index is -3.65. The molecule has 1 aromatic heterocycles. The summed E-state index contributed by atoms with van der Waals surface area (Å²) in [7, 11) is -3.65. The zero-order valence-electron chi connectivity index (χ0n) is 20.3. The SMILES string of the molecule is CCN(CC)S(=O)(=O)c1ccc(C(=O)OCC(=O)N2N=C(c3ccc(Cl)cc3)C[C@@H]2c2ccco2)cc1. The molecule has 0 saturated carbocycles. The maximum Gasteiger partial charge on any atom is 0.338 e. The van der Waals surface area contributed by atoms with Gasteiger partial charge in [0.25, 0.3) is 5.91 Å². The smallest absolute Gasteiger partial charge is 0.338 e. The first-order valence-corrected chi connectivity index (χ1v) is 13.5. The van der Waals surface area contributed by atoms with E-state index in [-0.39, 0.29) is 10.5 Å². The molecule has 3 aromatic rings. The summed E-state index contributed by atoms with van der Waals surface area (Å²) >= 11 is 5.99. The van der Waals surface area contributed by atoms with Crippen LogP contribution < -0.4 is 0 Å². The van der Waals surface area contributed by atoms with Gasteiger partial charge in [0.1, 0.15) is 11.8 Å². The van der Waals surface area contributed by atoms with E-state index < -0.39 is 34.5 Å². The van der Waals surface area contributed by atoms with Gasteiger partial charge in [-0.1, -0.05) is 37.6 Å². The molecular weight excluding hydrogens is 518 g/mol. The molecule has 1 amide bonds. The largest absolute Gasteiger partial charge is 0.467 e. The fraction of sp³-hybridized carbons (Fsp3) is 0.269. The zero-order valence-corrected chi connectivity index (χ0v) is 21.9. The van der Waals surface area contributed by atoms with Gasteiger partial charge in [0.05, 0.1) is 22.4 Å². The normalized spacial score (nSPS) is 15.6. The Balaban J connectivity index is 1.46. The first-order chi connectivity index (χ1) is 17.7. The molecule has 0 bridgehead atoms. The third kappa shape index (κ3) is 5.76. The average molecular weight is 544 g/mol. The Morgan fingerprint density at radius 1 is 1.08 bits per heavy atom. The highest BCUT2D eigenvalue weighted by Gasteiger charge is 2.35. The lowest BCUT2D eigenvalue weighted by molar-refractivity contribution is -0.136. The maximum atomic E-state index is 13.0. The standard InChI is InChI=1S/C26H26ClN3O6S/c1-3-29(4-2)37(33,34)21-13-9-19(10-14-21)26(32)36-17-25(31)30-23(24-6-5-15-35-24)16-22(28-30)18-7-11-20(27)12-8-18/h5-15,23H,3-4,16-17H2,1-2H3/t23-/m1/s1. The number of hydrazone groups is 1. The number of hydrogen-bond donors (Lipinski definition) is 0. The summed E-state index contributed by atoms with van der Waals surface area (Å²) in [5, 5.41) is 6.33. The van der Waals surface area contributed by atoms with Crippen LogP contribution in [0.4, 0.5) is 0 Å². The van der Waals surface area contributed by atoms with Gasteiger partial charge in [0.2, 0.25) is 10.0 Å². The topological polar surface area (TPSA) is 109 Å². The van der Waals surface area contributed by atoms with Crippen LogP contribution in [0.5, 0.6) is 0 Å². The molecule has 0 N–H and O–H groups in total. The fourth-order valence-corrected chi connectivity index (χ4v) is 5.60. The second-order valence-corrected chi connectivity index (χ2v) is 10.6. The van der Waals surface area contributed by atoms with Gasteiger partial charge in [-0.3, -0.25) is 4.79 Å². The van der Waals surface area contributed by atoms with E-state index in [9.17, 15) is 18.0 Å². The van der Waals surface area contributed by atoms with Crippen molar-refractivity contribution in [3.63, 3.8) is 0 Å². The van der Waals surface area contributed by atoms with Gasteiger partial charge in [-0.05, 0) is 54.1 Å². The van der Waals surface area contributed by atoms with Crippen molar-refractivity contribution in [1.82, 2.24) is 9.31 Å². The molecule has 0 unspecified atom stereocenters. The van der Waals surface area contributed by atoms with Gasteiger partial charge in [-0.15, -0.1) is 0 Å². The number of carbonyl (C=O) groups is 2. The molecule has 194 valence electrons. The fourth-order valence-electron chi connectivity index (χ4n) is 4.01. The van der Waals surface area contributed by atoms with Crippen molar-refractivity contribution in [2.75, 3.05) is 19.7 Å². The molecule has 2 aromatic carbocycles. The quantitative estimate of drug-likeness (QED) is 0.368. The van der Waals surface area contributed by atoms with Crippen molar-refractivity contribution < 1.29 is 27.2 Å². The molecule has 1 aliphatic rings. The zero-order chi connectivity index (χ0) is 26.6. The third-order valence-corrected chi connectivity index (χ3v) is 8.29. The molecule has 11 heteroatoms. The predicted molar refractivity (Wildman–Crippen MR) is 138 cm³/mol. The molecule has 1 atom stereocenters. The number of ether oxygens (including phenoxy) is 1. The molecule has 0 radical (unpaired) electrons. The van der Waals surface area contributed by atoms with Crippen LogP contribution >= 0.6 is 11.6 Å². The summed E-state index contributed by atoms with van der Waals surface area (Å²) < 4.78 is 37.4. The number of esters is 1. The van der Waals surface area contributed by atoms with E-state index in [2.05, 4.69) is 5.10 Å². The molecule has 2 heterocycles. The molecule has 1 aliphatic heterocycles. The lowest BCUT2D eigenvalue weighted by atomic mass is 10.0. The summed E-state index contributed by atoms with van der Waals surface area (Å²) in [6.45, 7) is 3.63. The molecule has 9 nitrogen and oxygen atoms in total. The highest BCUT2D eigenvalue weighted by atomic mass is 35.5. The maximum absolute atomic E-state index is 13.0. The second-order valence-electron chi connectivity index (χ2n) is 8.22. The Kier molecular flexibility index (Phi) is 8.11. The van der Waals surface area contributed by atoms with Crippen molar-refractivity contribution in [2.45, 2.75) is 31.2 Å². The lowest BCUT2D eigenvalue weighted by Gasteiger charge is -2.20. The van der Waals surface area contributed by atoms with Crippen LogP contribution in [0.15, 0.2) is 81.3 Å². The van der Waals surface area contributed by atoms with Crippen molar-refractivity contribution in [2.24, 2.45) is 5.10 Å². The molecule has 0 saturated heterocycles. The summed E-state index contributed by atoms with van der Waals surface area (Å²) in [5.74, 6) is -0.729. The number of amides is 1. The van der Waals surface area contributed by atoms with Crippen molar-refractivity contribution in [3.8, 4) is 0 Å². The van der Waals surface area contributed by atoms with E-state index in [1.165, 1.54) is 39.8 Å². The second kappa shape index (κ2) is 11.3. The monoisotopic (exact) mass is 543 g/mol. The minimum absolute atomic E-state index is 0.0752. The first-order valence-electron chi connectivity index (χ1n) is 11.7. The van der Waals surface area contributed by atoms with Crippen LogP contribution in [-0.2, 0) is 19.6 Å². The Morgan fingerprint density at radius 3 is 2.35 bits per heavy atom. The van der Waals surface area contributed by atoms with Gasteiger partial charge >= 0.3 is 5.97 Å². The number of benzene rings is 2. The molecule has 0 fully saturated rings. The highest BCUT2D eigenvalue weighted by Crippen LogP contribution is 2.33. The molecule has 0 aliphatic carbocycles. The Labute approximate surface area is 220 Å². The molecular formula is C26H26ClN3O6S. The van der Waals surface area contributed by atoms with Crippen LogP contribution in [0.25, 0.3) is 0 Å². The van der Waals surface area contributed by atoms with E-state index in [0.717, 1.165) is 5.56 Å². The van der Waals surface area contributed by atoms with E-state index in [0.29, 0.717) is 36.0 Å². The first kappa shape index (κ1) is 26.6. The number of nitrogens with zero attached hydrogens (tertiary/aromatic N) is 3. The Morgan fingerprint density at radius 2 is 1.76 bits per heavy atom. The van der Waals surface area contributed by atoms with Gasteiger partial charge < -0.3 is 9.15 Å². The summed E-state index contributed by atoms with van der Waals surface area (Å²) in [6.07, 6.45) is 1.93. The number of hydrogen-bond acceptors (Lipinski definition) is 7. The van der Waals surface area contributed by atoms with Crippen molar-refractivity contribution in [3.05, 3.63) is 88.8 Å². The van der Waals surface area contributed by atoms with Gasteiger partial charge in [-0.2, -0.15) is 9.41 Å². The van der Waals surface area contributed by atoms with Gasteiger partial charge in [-0.25, -0.2) is 18.2 Å². The van der Waals surface area contributed by atoms with Crippen LogP contribution in [-0.4, -0.2) is 55.0 Å². The lowest BCUT2D eigenvalue weighted by Crippen LogP contribution is -2.31. The molecule has 4 rings (SSSR count). The number of sulfonamides is 1. The number of rotatable bonds is 9. The van der Waals surface area contributed by atoms with E-state index in [4.69, 9.17) is 20.8 Å².